The summed E-state index contributed by atoms with van der Waals surface area (Å²) in [5, 5.41) is 0. The van der Waals surface area contributed by atoms with Gasteiger partial charge in [0, 0.05) is 24.3 Å². The molecule has 0 N–H and O–H groups in total. The lowest BCUT2D eigenvalue weighted by molar-refractivity contribution is -0.121. The molecule has 0 aliphatic carbocycles. The van der Waals surface area contributed by atoms with Gasteiger partial charge in [-0.05, 0) is 95.8 Å². The van der Waals surface area contributed by atoms with Crippen LogP contribution in [0.15, 0.2) is 135 Å². The van der Waals surface area contributed by atoms with Crippen molar-refractivity contribution in [1.29, 1.82) is 0 Å². The van der Waals surface area contributed by atoms with E-state index in [4.69, 9.17) is 14.2 Å². The maximum Gasteiger partial charge on any atom is 0.258 e. The summed E-state index contributed by atoms with van der Waals surface area (Å²) in [6.07, 6.45) is 9.12. The zero-order valence-electron chi connectivity index (χ0n) is 26.5. The second kappa shape index (κ2) is 14.5. The van der Waals surface area contributed by atoms with Gasteiger partial charge >= 0.3 is 0 Å². The molecule has 0 atom stereocenters. The average molecular weight is 653 g/mol. The third-order valence-corrected chi connectivity index (χ3v) is 7.81. The highest BCUT2D eigenvalue weighted by Crippen LogP contribution is 2.35. The summed E-state index contributed by atoms with van der Waals surface area (Å²) in [5.74, 6) is 0.633. The van der Waals surface area contributed by atoms with Gasteiger partial charge in [0.25, 0.3) is 23.6 Å². The molecular weight excluding hydrogens is 620 g/mol. The van der Waals surface area contributed by atoms with Crippen molar-refractivity contribution in [2.24, 2.45) is 0 Å². The molecule has 0 unspecified atom stereocenters. The average Bonchev–Trinajstić information content (AvgIpc) is 3.62. The Labute approximate surface area is 283 Å². The summed E-state index contributed by atoms with van der Waals surface area (Å²) in [6, 6.07) is 25.4. The van der Waals surface area contributed by atoms with E-state index in [1.807, 2.05) is 48.5 Å². The van der Waals surface area contributed by atoms with E-state index in [2.05, 4.69) is 13.2 Å². The molecule has 4 aromatic carbocycles. The molecule has 4 aromatic rings. The molecule has 0 saturated heterocycles. The predicted octanol–water partition coefficient (Wildman–Crippen LogP) is 6.65. The number of rotatable bonds is 14. The second-order valence-electron chi connectivity index (χ2n) is 11.2. The van der Waals surface area contributed by atoms with Gasteiger partial charge < -0.3 is 14.2 Å². The van der Waals surface area contributed by atoms with Gasteiger partial charge in [-0.15, -0.1) is 0 Å². The van der Waals surface area contributed by atoms with Crippen LogP contribution >= 0.6 is 0 Å². The van der Waals surface area contributed by atoms with Crippen molar-refractivity contribution in [2.45, 2.75) is 12.8 Å². The minimum atomic E-state index is -0.422. The second-order valence-corrected chi connectivity index (χ2v) is 11.2. The van der Waals surface area contributed by atoms with Crippen molar-refractivity contribution >= 4 is 35.0 Å². The van der Waals surface area contributed by atoms with Crippen molar-refractivity contribution in [2.75, 3.05) is 23.0 Å². The zero-order valence-corrected chi connectivity index (χ0v) is 26.5. The number of amides is 4. The summed E-state index contributed by atoms with van der Waals surface area (Å²) in [7, 11) is 0. The molecule has 0 bridgehead atoms. The SMILES string of the molecule is C=CCOc1ccc(Cc2cc(Oc3ccc(N4C(=O)C=CC4=O)c(Cc4ccc(OCC=C)cc4)c3)ccc2N2C(=O)C=CC2=O)cc1. The van der Waals surface area contributed by atoms with Gasteiger partial charge in [-0.2, -0.15) is 0 Å². The van der Waals surface area contributed by atoms with Crippen molar-refractivity contribution in [3.8, 4) is 23.0 Å². The first-order valence-corrected chi connectivity index (χ1v) is 15.5. The van der Waals surface area contributed by atoms with Crippen LogP contribution in [0, 0.1) is 0 Å². The molecule has 0 radical (unpaired) electrons. The lowest BCUT2D eigenvalue weighted by atomic mass is 10.0. The maximum absolute atomic E-state index is 12.6. The lowest BCUT2D eigenvalue weighted by Gasteiger charge is -2.21. The van der Waals surface area contributed by atoms with E-state index in [0.717, 1.165) is 20.9 Å². The van der Waals surface area contributed by atoms with E-state index >= 15 is 0 Å². The fraction of sp³-hybridized carbons (Fsp3) is 0.100. The van der Waals surface area contributed by atoms with Gasteiger partial charge in [-0.1, -0.05) is 49.6 Å². The number of anilines is 2. The predicted molar refractivity (Wildman–Crippen MR) is 186 cm³/mol. The van der Waals surface area contributed by atoms with E-state index in [1.165, 1.54) is 24.3 Å². The molecule has 0 fully saturated rings. The molecule has 9 nitrogen and oxygen atoms in total. The molecule has 0 saturated carbocycles. The van der Waals surface area contributed by atoms with Crippen LogP contribution in [-0.4, -0.2) is 36.8 Å². The van der Waals surface area contributed by atoms with E-state index in [9.17, 15) is 19.2 Å². The Morgan fingerprint density at radius 3 is 1.18 bits per heavy atom. The summed E-state index contributed by atoms with van der Waals surface area (Å²) in [4.78, 5) is 52.9. The van der Waals surface area contributed by atoms with Gasteiger partial charge in [0.2, 0.25) is 0 Å². The third kappa shape index (κ3) is 7.41. The quantitative estimate of drug-likeness (QED) is 0.111. The van der Waals surface area contributed by atoms with Crippen LogP contribution < -0.4 is 24.0 Å². The smallest absolute Gasteiger partial charge is 0.258 e. The maximum atomic E-state index is 12.6. The van der Waals surface area contributed by atoms with E-state index in [0.29, 0.717) is 71.6 Å². The molecule has 2 aliphatic heterocycles. The number of carbonyl (C=O) groups excluding carboxylic acids is 4. The molecule has 6 rings (SSSR count). The largest absolute Gasteiger partial charge is 0.490 e. The first-order chi connectivity index (χ1) is 23.8. The van der Waals surface area contributed by atoms with Crippen molar-refractivity contribution in [3.05, 3.63) is 157 Å². The number of imide groups is 2. The van der Waals surface area contributed by atoms with Crippen molar-refractivity contribution < 1.29 is 33.4 Å². The Morgan fingerprint density at radius 2 is 0.837 bits per heavy atom. The highest BCUT2D eigenvalue weighted by atomic mass is 16.5. The Hall–Kier alpha value is -6.48. The Bertz CT molecular complexity index is 1830. The third-order valence-electron chi connectivity index (χ3n) is 7.81. The first-order valence-electron chi connectivity index (χ1n) is 15.5. The molecule has 4 amide bonds. The number of nitrogens with zero attached hydrogens (tertiary/aromatic N) is 2. The fourth-order valence-electron chi connectivity index (χ4n) is 5.54. The molecule has 0 spiro atoms. The minimum Gasteiger partial charge on any atom is -0.490 e. The van der Waals surface area contributed by atoms with Crippen LogP contribution in [0.4, 0.5) is 11.4 Å². The number of ether oxygens (including phenoxy) is 3. The van der Waals surface area contributed by atoms with Crippen LogP contribution in [0.5, 0.6) is 23.0 Å². The Morgan fingerprint density at radius 1 is 0.490 bits per heavy atom. The summed E-state index contributed by atoms with van der Waals surface area (Å²) in [5.41, 5.74) is 4.15. The molecule has 2 heterocycles. The van der Waals surface area contributed by atoms with Gasteiger partial charge in [-0.3, -0.25) is 19.2 Å². The molecule has 2 aliphatic rings. The standard InChI is InChI=1S/C40H32N2O7/c1-3-21-47-31-9-5-27(6-10-31)23-29-25-33(13-15-35(29)41-37(43)17-18-38(41)44)49-34-14-16-36(42-39(45)19-20-40(42)46)30(26-34)24-28-7-11-32(12-8-28)48-22-4-2/h3-20,25-26H,1-2,21-24H2. The monoisotopic (exact) mass is 652 g/mol. The summed E-state index contributed by atoms with van der Waals surface area (Å²) >= 11 is 0. The number of hydrogen-bond acceptors (Lipinski definition) is 7. The highest BCUT2D eigenvalue weighted by molar-refractivity contribution is 6.29. The molecule has 49 heavy (non-hydrogen) atoms. The summed E-state index contributed by atoms with van der Waals surface area (Å²) < 4.78 is 17.5. The lowest BCUT2D eigenvalue weighted by Crippen LogP contribution is -2.30. The topological polar surface area (TPSA) is 102 Å². The van der Waals surface area contributed by atoms with Gasteiger partial charge in [-0.25, -0.2) is 9.80 Å². The number of hydrogen-bond donors (Lipinski definition) is 0. The van der Waals surface area contributed by atoms with Gasteiger partial charge in [0.05, 0.1) is 11.4 Å². The van der Waals surface area contributed by atoms with Crippen LogP contribution in [0.3, 0.4) is 0 Å². The normalized spacial score (nSPS) is 13.7. The zero-order chi connectivity index (χ0) is 34.3. The van der Waals surface area contributed by atoms with E-state index in [-0.39, 0.29) is 0 Å². The van der Waals surface area contributed by atoms with Crippen LogP contribution in [0.2, 0.25) is 0 Å². The minimum absolute atomic E-state index is 0.386. The Balaban J connectivity index is 1.31. The highest BCUT2D eigenvalue weighted by Gasteiger charge is 2.29. The van der Waals surface area contributed by atoms with Gasteiger partial charge in [0.1, 0.15) is 36.2 Å². The molecule has 244 valence electrons. The summed E-state index contributed by atoms with van der Waals surface area (Å²) in [6.45, 7) is 8.11. The molecule has 9 heteroatoms. The number of carbonyl (C=O) groups is 4. The van der Waals surface area contributed by atoms with Gasteiger partial charge in [0.15, 0.2) is 0 Å². The van der Waals surface area contributed by atoms with E-state index < -0.39 is 23.6 Å². The van der Waals surface area contributed by atoms with Crippen LogP contribution in [-0.2, 0) is 32.0 Å². The van der Waals surface area contributed by atoms with E-state index in [1.54, 1.807) is 48.6 Å². The van der Waals surface area contributed by atoms with Crippen molar-refractivity contribution in [3.63, 3.8) is 0 Å². The van der Waals surface area contributed by atoms with Crippen LogP contribution in [0.25, 0.3) is 0 Å². The first kappa shape index (κ1) is 32.5. The van der Waals surface area contributed by atoms with Crippen LogP contribution in [0.1, 0.15) is 22.3 Å². The number of benzene rings is 4. The molecular formula is C40H32N2O7. The Kier molecular flexibility index (Phi) is 9.62. The molecule has 0 aromatic heterocycles. The van der Waals surface area contributed by atoms with Crippen molar-refractivity contribution in [1.82, 2.24) is 0 Å². The fourth-order valence-corrected chi connectivity index (χ4v) is 5.54.